The summed E-state index contributed by atoms with van der Waals surface area (Å²) < 4.78 is 11.4. The predicted molar refractivity (Wildman–Crippen MR) is 104 cm³/mol. The fraction of sp³-hybridized carbons (Fsp3) is 0.450. The Morgan fingerprint density at radius 2 is 2.04 bits per heavy atom. The van der Waals surface area contributed by atoms with Crippen LogP contribution in [0.15, 0.2) is 34.7 Å². The minimum atomic E-state index is -0.362. The van der Waals surface area contributed by atoms with Crippen molar-refractivity contribution in [3.8, 4) is 5.75 Å². The van der Waals surface area contributed by atoms with Crippen molar-refractivity contribution in [1.82, 2.24) is 5.32 Å². The Labute approximate surface area is 160 Å². The van der Waals surface area contributed by atoms with Gasteiger partial charge in [-0.25, -0.2) is 0 Å². The first-order valence-electron chi connectivity index (χ1n) is 8.72. The van der Waals surface area contributed by atoms with Gasteiger partial charge >= 0.3 is 0 Å². The predicted octanol–water partition coefficient (Wildman–Crippen LogP) is 3.75. The highest BCUT2D eigenvalue weighted by atomic mass is 35.5. The highest BCUT2D eigenvalue weighted by molar-refractivity contribution is 5.92. The van der Waals surface area contributed by atoms with Crippen LogP contribution in [0.4, 0.5) is 0 Å². The lowest BCUT2D eigenvalue weighted by molar-refractivity contribution is 0.0865. The quantitative estimate of drug-likeness (QED) is 0.769. The van der Waals surface area contributed by atoms with E-state index in [4.69, 9.17) is 14.9 Å². The first-order valence-corrected chi connectivity index (χ1v) is 8.72. The number of aryl methyl sites for hydroxylation is 2. The molecule has 1 aliphatic carbocycles. The molecule has 26 heavy (non-hydrogen) atoms. The number of carbonyl (C=O) groups is 1. The van der Waals surface area contributed by atoms with Gasteiger partial charge in [-0.05, 0) is 63.3 Å². The lowest BCUT2D eigenvalue weighted by atomic mass is 9.96. The van der Waals surface area contributed by atoms with Crippen LogP contribution in [0.5, 0.6) is 5.75 Å². The molecule has 1 saturated carbocycles. The van der Waals surface area contributed by atoms with Crippen LogP contribution in [0.2, 0.25) is 0 Å². The van der Waals surface area contributed by atoms with Gasteiger partial charge in [-0.15, -0.1) is 12.4 Å². The first-order chi connectivity index (χ1) is 11.9. The van der Waals surface area contributed by atoms with Gasteiger partial charge in [0.05, 0.1) is 5.54 Å². The number of hydrogen-bond acceptors (Lipinski definition) is 4. The molecule has 1 unspecified atom stereocenters. The van der Waals surface area contributed by atoms with Crippen molar-refractivity contribution in [2.24, 2.45) is 11.7 Å². The summed E-state index contributed by atoms with van der Waals surface area (Å²) in [7, 11) is 0. The van der Waals surface area contributed by atoms with E-state index in [2.05, 4.69) is 11.4 Å². The number of halogens is 1. The molecule has 142 valence electrons. The fourth-order valence-corrected chi connectivity index (χ4v) is 3.05. The van der Waals surface area contributed by atoms with Crippen molar-refractivity contribution < 1.29 is 13.9 Å². The normalized spacial score (nSPS) is 15.7. The second-order valence-electron chi connectivity index (χ2n) is 7.17. The zero-order valence-corrected chi connectivity index (χ0v) is 16.3. The lowest BCUT2D eigenvalue weighted by Crippen LogP contribution is -2.53. The summed E-state index contributed by atoms with van der Waals surface area (Å²) in [6.07, 6.45) is 2.22. The molecule has 0 bridgehead atoms. The first kappa shape index (κ1) is 20.3. The van der Waals surface area contributed by atoms with E-state index in [1.165, 1.54) is 5.56 Å². The Bertz CT molecular complexity index is 770. The van der Waals surface area contributed by atoms with Crippen molar-refractivity contribution in [2.75, 3.05) is 6.54 Å². The molecule has 1 heterocycles. The molecular weight excluding hydrogens is 352 g/mol. The Balaban J connectivity index is 0.00000243. The molecule has 1 fully saturated rings. The van der Waals surface area contributed by atoms with E-state index in [0.29, 0.717) is 24.0 Å². The maximum Gasteiger partial charge on any atom is 0.287 e. The van der Waals surface area contributed by atoms with Gasteiger partial charge in [0.25, 0.3) is 5.91 Å². The molecule has 5 nitrogen and oxygen atoms in total. The second-order valence-corrected chi connectivity index (χ2v) is 7.17. The van der Waals surface area contributed by atoms with Gasteiger partial charge in [-0.2, -0.15) is 0 Å². The van der Waals surface area contributed by atoms with Crippen LogP contribution in [-0.4, -0.2) is 18.0 Å². The Morgan fingerprint density at radius 1 is 1.31 bits per heavy atom. The molecule has 0 radical (unpaired) electrons. The Kier molecular flexibility index (Phi) is 6.37. The summed E-state index contributed by atoms with van der Waals surface area (Å²) in [5, 5.41) is 3.03. The number of hydrogen-bond donors (Lipinski definition) is 2. The van der Waals surface area contributed by atoms with E-state index in [1.807, 2.05) is 32.9 Å². The van der Waals surface area contributed by atoms with Gasteiger partial charge in [0.2, 0.25) is 0 Å². The molecule has 1 aromatic heterocycles. The summed E-state index contributed by atoms with van der Waals surface area (Å²) in [5.41, 5.74) is 7.76. The number of benzene rings is 1. The number of rotatable bonds is 7. The van der Waals surface area contributed by atoms with E-state index in [9.17, 15) is 4.79 Å². The van der Waals surface area contributed by atoms with Crippen molar-refractivity contribution in [3.05, 3.63) is 53.0 Å². The fourth-order valence-electron chi connectivity index (χ4n) is 3.05. The molecule has 0 saturated heterocycles. The van der Waals surface area contributed by atoms with Crippen molar-refractivity contribution in [2.45, 2.75) is 45.8 Å². The number of ether oxygens (including phenoxy) is 1. The van der Waals surface area contributed by atoms with Crippen LogP contribution in [0.25, 0.3) is 0 Å². The third-order valence-electron chi connectivity index (χ3n) is 4.89. The second kappa shape index (κ2) is 8.14. The highest BCUT2D eigenvalue weighted by Gasteiger charge is 2.42. The monoisotopic (exact) mass is 378 g/mol. The maximum absolute atomic E-state index is 12.4. The van der Waals surface area contributed by atoms with Gasteiger partial charge in [0.1, 0.15) is 18.1 Å². The van der Waals surface area contributed by atoms with Crippen LogP contribution in [0.3, 0.4) is 0 Å². The van der Waals surface area contributed by atoms with Crippen LogP contribution >= 0.6 is 12.4 Å². The average Bonchev–Trinajstić information content (AvgIpc) is 3.33. The largest absolute Gasteiger partial charge is 0.485 e. The minimum Gasteiger partial charge on any atom is -0.485 e. The smallest absolute Gasteiger partial charge is 0.287 e. The van der Waals surface area contributed by atoms with Gasteiger partial charge in [-0.1, -0.05) is 17.7 Å². The van der Waals surface area contributed by atoms with E-state index in [-0.39, 0.29) is 30.5 Å². The van der Waals surface area contributed by atoms with Gasteiger partial charge < -0.3 is 20.2 Å². The zero-order valence-electron chi connectivity index (χ0n) is 15.5. The molecule has 0 spiro atoms. The highest BCUT2D eigenvalue weighted by Crippen LogP contribution is 2.39. The van der Waals surface area contributed by atoms with Crippen LogP contribution in [0.1, 0.15) is 47.2 Å². The summed E-state index contributed by atoms with van der Waals surface area (Å²) >= 11 is 0. The van der Waals surface area contributed by atoms with E-state index < -0.39 is 0 Å². The number of amides is 1. The molecule has 6 heteroatoms. The van der Waals surface area contributed by atoms with Crippen molar-refractivity contribution in [3.63, 3.8) is 0 Å². The molecular formula is C20H27ClN2O3. The van der Waals surface area contributed by atoms with E-state index in [0.717, 1.165) is 24.2 Å². The molecule has 0 aliphatic heterocycles. The third-order valence-corrected chi connectivity index (χ3v) is 4.89. The number of nitrogens with one attached hydrogen (secondary N) is 1. The Hall–Kier alpha value is -1.98. The summed E-state index contributed by atoms with van der Waals surface area (Å²) in [5.74, 6) is 1.96. The third kappa shape index (κ3) is 4.59. The summed E-state index contributed by atoms with van der Waals surface area (Å²) in [6, 6.07) is 9.48. The SMILES string of the molecule is Cc1ccc(OCc2ccc(C(=O)NC(C)(CN)C3CC3)o2)c(C)c1.Cl. The molecule has 2 aromatic rings. The van der Waals surface area contributed by atoms with Crippen LogP contribution in [0, 0.1) is 19.8 Å². The molecule has 1 atom stereocenters. The van der Waals surface area contributed by atoms with E-state index in [1.54, 1.807) is 12.1 Å². The van der Waals surface area contributed by atoms with Crippen LogP contribution in [-0.2, 0) is 6.61 Å². The van der Waals surface area contributed by atoms with Gasteiger partial charge in [-0.3, -0.25) is 4.79 Å². The van der Waals surface area contributed by atoms with Crippen molar-refractivity contribution in [1.29, 1.82) is 0 Å². The standard InChI is InChI=1S/C20H26N2O3.ClH/c1-13-4-8-17(14(2)10-13)24-11-16-7-9-18(25-16)19(23)22-20(3,12-21)15-5-6-15;/h4,7-10,15H,5-6,11-12,21H2,1-3H3,(H,22,23);1H. The summed E-state index contributed by atoms with van der Waals surface area (Å²) in [6.45, 7) is 6.76. The number of carbonyl (C=O) groups excluding carboxylic acids is 1. The van der Waals surface area contributed by atoms with Gasteiger partial charge in [0, 0.05) is 6.54 Å². The van der Waals surface area contributed by atoms with E-state index >= 15 is 0 Å². The van der Waals surface area contributed by atoms with Crippen molar-refractivity contribution >= 4 is 18.3 Å². The minimum absolute atomic E-state index is 0. The Morgan fingerprint density at radius 3 is 2.65 bits per heavy atom. The molecule has 3 rings (SSSR count). The zero-order chi connectivity index (χ0) is 18.0. The van der Waals surface area contributed by atoms with Crippen LogP contribution < -0.4 is 15.8 Å². The number of furan rings is 1. The maximum atomic E-state index is 12.4. The van der Waals surface area contributed by atoms with Gasteiger partial charge in [0.15, 0.2) is 5.76 Å². The molecule has 3 N–H and O–H groups in total. The molecule has 1 amide bonds. The molecule has 1 aromatic carbocycles. The molecule has 1 aliphatic rings. The average molecular weight is 379 g/mol. The topological polar surface area (TPSA) is 77.5 Å². The number of nitrogens with two attached hydrogens (primary N) is 1. The lowest BCUT2D eigenvalue weighted by Gasteiger charge is -2.28. The summed E-state index contributed by atoms with van der Waals surface area (Å²) in [4.78, 5) is 12.4.